The smallest absolute Gasteiger partial charge is 0.254 e. The summed E-state index contributed by atoms with van der Waals surface area (Å²) < 4.78 is 25.8. The predicted octanol–water partition coefficient (Wildman–Crippen LogP) is 3.10. The Morgan fingerprint density at radius 1 is 1.35 bits per heavy atom. The molecule has 2 heterocycles. The van der Waals surface area contributed by atoms with E-state index in [0.717, 1.165) is 5.56 Å². The van der Waals surface area contributed by atoms with E-state index in [-0.39, 0.29) is 23.6 Å². The maximum absolute atomic E-state index is 14.1. The average Bonchev–Trinajstić information content (AvgIpc) is 2.99. The molecule has 7 nitrogen and oxygen atoms in total. The van der Waals surface area contributed by atoms with E-state index in [1.165, 1.54) is 25.4 Å². The molecular weight excluding hydrogens is 403 g/mol. The van der Waals surface area contributed by atoms with Crippen molar-refractivity contribution >= 4 is 11.6 Å². The Labute approximate surface area is 181 Å². The Morgan fingerprint density at radius 2 is 2.06 bits per heavy atom. The van der Waals surface area contributed by atoms with Gasteiger partial charge in [0.2, 0.25) is 0 Å². The zero-order valence-electron chi connectivity index (χ0n) is 18.3. The molecule has 168 valence electrons. The van der Waals surface area contributed by atoms with Gasteiger partial charge in [-0.25, -0.2) is 4.39 Å². The van der Waals surface area contributed by atoms with E-state index in [2.05, 4.69) is 10.3 Å². The summed E-state index contributed by atoms with van der Waals surface area (Å²) in [5, 5.41) is 21.5. The molecule has 0 spiro atoms. The summed E-state index contributed by atoms with van der Waals surface area (Å²) in [6.45, 7) is 7.05. The summed E-state index contributed by atoms with van der Waals surface area (Å²) in [6.07, 6.45) is -0.498. The second-order valence-electron chi connectivity index (χ2n) is 8.41. The Kier molecular flexibility index (Phi) is 6.64. The average molecular weight is 432 g/mol. The number of aliphatic hydroxyl groups excluding tert-OH is 2. The van der Waals surface area contributed by atoms with Gasteiger partial charge in [-0.2, -0.15) is 0 Å². The van der Waals surface area contributed by atoms with Gasteiger partial charge in [0.1, 0.15) is 23.8 Å². The highest BCUT2D eigenvalue weighted by Crippen LogP contribution is 2.49. The quantitative estimate of drug-likeness (QED) is 0.649. The highest BCUT2D eigenvalue weighted by atomic mass is 19.1. The third kappa shape index (κ3) is 4.42. The lowest BCUT2D eigenvalue weighted by Gasteiger charge is -2.26. The minimum atomic E-state index is -1.08. The van der Waals surface area contributed by atoms with Crippen LogP contribution in [0.1, 0.15) is 49.6 Å². The van der Waals surface area contributed by atoms with Gasteiger partial charge in [-0.3, -0.25) is 9.78 Å². The number of anilines is 1. The minimum Gasteiger partial charge on any atom is -0.496 e. The Balaban J connectivity index is 1.91. The summed E-state index contributed by atoms with van der Waals surface area (Å²) in [7, 11) is 1.49. The molecule has 0 aliphatic carbocycles. The normalized spacial score (nSPS) is 23.4. The van der Waals surface area contributed by atoms with Crippen LogP contribution < -0.4 is 10.1 Å². The third-order valence-electron chi connectivity index (χ3n) is 6.15. The number of aromatic nitrogens is 1. The van der Waals surface area contributed by atoms with Crippen LogP contribution in [0.2, 0.25) is 0 Å². The molecule has 0 radical (unpaired) electrons. The lowest BCUT2D eigenvalue weighted by atomic mass is 9.77. The molecule has 1 aromatic carbocycles. The van der Waals surface area contributed by atoms with Crippen molar-refractivity contribution in [3.63, 3.8) is 0 Å². The summed E-state index contributed by atoms with van der Waals surface area (Å²) in [4.78, 5) is 17.3. The number of hydrogen-bond acceptors (Lipinski definition) is 6. The van der Waals surface area contributed by atoms with Crippen molar-refractivity contribution in [2.45, 2.75) is 51.4 Å². The first kappa shape index (κ1) is 23.1. The van der Waals surface area contributed by atoms with E-state index in [9.17, 15) is 14.3 Å². The zero-order valence-corrected chi connectivity index (χ0v) is 18.3. The van der Waals surface area contributed by atoms with Crippen LogP contribution in [0.5, 0.6) is 5.75 Å². The van der Waals surface area contributed by atoms with E-state index in [0.29, 0.717) is 22.7 Å². The first-order valence-electron chi connectivity index (χ1n) is 10.2. The lowest BCUT2D eigenvalue weighted by molar-refractivity contribution is -0.131. The number of hydrogen-bond donors (Lipinski definition) is 3. The summed E-state index contributed by atoms with van der Waals surface area (Å²) in [5.74, 6) is -0.720. The number of halogens is 1. The number of aliphatic hydroxyl groups is 2. The lowest BCUT2D eigenvalue weighted by Crippen LogP contribution is -2.33. The number of nitrogens with one attached hydrogen (secondary N) is 1. The Bertz CT molecular complexity index is 948. The number of carbonyl (C=O) groups excluding carboxylic acids is 1. The number of nitrogens with zero attached hydrogens (tertiary/aromatic N) is 1. The number of carbonyl (C=O) groups is 1. The van der Waals surface area contributed by atoms with E-state index in [1.807, 2.05) is 20.8 Å². The fourth-order valence-electron chi connectivity index (χ4n) is 4.06. The Hall–Kier alpha value is -2.55. The van der Waals surface area contributed by atoms with Gasteiger partial charge >= 0.3 is 0 Å². The van der Waals surface area contributed by atoms with Crippen molar-refractivity contribution in [1.29, 1.82) is 0 Å². The summed E-state index contributed by atoms with van der Waals surface area (Å²) in [6, 6.07) is 6.16. The van der Waals surface area contributed by atoms with Crippen molar-refractivity contribution in [2.24, 2.45) is 5.92 Å². The largest absolute Gasteiger partial charge is 0.496 e. The minimum absolute atomic E-state index is 0.0535. The number of amides is 1. The summed E-state index contributed by atoms with van der Waals surface area (Å²) >= 11 is 0. The number of rotatable bonds is 6. The molecular formula is C23H29FN2O5. The van der Waals surface area contributed by atoms with Crippen molar-refractivity contribution in [3.8, 4) is 5.75 Å². The SMILES string of the molecule is COc1c([C@@H]2[C@@H](C(=O)Nc3ccc([C@H](O)CO)nc3)OC(C)(C)[C@@H]2C)ccc(F)c1C. The van der Waals surface area contributed by atoms with Crippen LogP contribution in [0.25, 0.3) is 0 Å². The van der Waals surface area contributed by atoms with Gasteiger partial charge in [0, 0.05) is 17.0 Å². The van der Waals surface area contributed by atoms with Crippen molar-refractivity contribution in [2.75, 3.05) is 19.0 Å². The van der Waals surface area contributed by atoms with Gasteiger partial charge < -0.3 is 25.0 Å². The first-order chi connectivity index (χ1) is 14.6. The summed E-state index contributed by atoms with van der Waals surface area (Å²) in [5.41, 5.74) is 1.25. The van der Waals surface area contributed by atoms with E-state index in [4.69, 9.17) is 14.6 Å². The predicted molar refractivity (Wildman–Crippen MR) is 113 cm³/mol. The molecule has 3 rings (SSSR count). The van der Waals surface area contributed by atoms with Gasteiger partial charge in [0.05, 0.1) is 36.9 Å². The van der Waals surface area contributed by atoms with Gasteiger partial charge in [-0.05, 0) is 44.9 Å². The highest BCUT2D eigenvalue weighted by Gasteiger charge is 2.51. The van der Waals surface area contributed by atoms with Crippen molar-refractivity contribution < 1.29 is 28.9 Å². The second-order valence-corrected chi connectivity index (χ2v) is 8.41. The standard InChI is InChI=1S/C23H29FN2O5/c1-12-16(24)8-7-15(20(12)30-5)19-13(2)23(3,4)31-21(19)22(29)26-14-6-9-17(25-10-14)18(28)11-27/h6-10,13,18-19,21,27-28H,11H2,1-5H3,(H,26,29)/t13-,18-,19-,21+/m1/s1. The molecule has 1 fully saturated rings. The Morgan fingerprint density at radius 3 is 2.65 bits per heavy atom. The van der Waals surface area contributed by atoms with Gasteiger partial charge in [-0.15, -0.1) is 0 Å². The van der Waals surface area contributed by atoms with Crippen LogP contribution in [0.15, 0.2) is 30.5 Å². The number of ether oxygens (including phenoxy) is 2. The maximum atomic E-state index is 14.1. The molecule has 0 unspecified atom stereocenters. The number of pyridine rings is 1. The molecule has 8 heteroatoms. The molecule has 4 atom stereocenters. The fourth-order valence-corrected chi connectivity index (χ4v) is 4.06. The molecule has 1 aromatic heterocycles. The molecule has 1 aliphatic heterocycles. The first-order valence-corrected chi connectivity index (χ1v) is 10.2. The molecule has 0 bridgehead atoms. The van der Waals surface area contributed by atoms with Crippen LogP contribution in [0, 0.1) is 18.7 Å². The van der Waals surface area contributed by atoms with Crippen LogP contribution >= 0.6 is 0 Å². The molecule has 3 N–H and O–H groups in total. The van der Waals surface area contributed by atoms with Gasteiger partial charge in [-0.1, -0.05) is 13.0 Å². The van der Waals surface area contributed by atoms with E-state index in [1.54, 1.807) is 19.1 Å². The number of benzene rings is 1. The fraction of sp³-hybridized carbons (Fsp3) is 0.478. The molecule has 0 saturated carbocycles. The van der Waals surface area contributed by atoms with Crippen LogP contribution in [0.4, 0.5) is 10.1 Å². The third-order valence-corrected chi connectivity index (χ3v) is 6.15. The second kappa shape index (κ2) is 8.90. The molecule has 1 aliphatic rings. The van der Waals surface area contributed by atoms with Gasteiger partial charge in [0.15, 0.2) is 0 Å². The topological polar surface area (TPSA) is 101 Å². The molecule has 2 aromatic rings. The van der Waals surface area contributed by atoms with Crippen LogP contribution in [-0.4, -0.2) is 46.5 Å². The van der Waals surface area contributed by atoms with Gasteiger partial charge in [0.25, 0.3) is 5.91 Å². The zero-order chi connectivity index (χ0) is 22.9. The number of methoxy groups -OCH3 is 1. The maximum Gasteiger partial charge on any atom is 0.254 e. The van der Waals surface area contributed by atoms with Crippen molar-refractivity contribution in [3.05, 3.63) is 53.1 Å². The van der Waals surface area contributed by atoms with E-state index < -0.39 is 24.4 Å². The van der Waals surface area contributed by atoms with Crippen LogP contribution in [0.3, 0.4) is 0 Å². The van der Waals surface area contributed by atoms with Crippen LogP contribution in [-0.2, 0) is 9.53 Å². The van der Waals surface area contributed by atoms with E-state index >= 15 is 0 Å². The van der Waals surface area contributed by atoms with Crippen molar-refractivity contribution in [1.82, 2.24) is 4.98 Å². The molecule has 1 amide bonds. The monoisotopic (exact) mass is 432 g/mol. The molecule has 1 saturated heterocycles. The molecule has 31 heavy (non-hydrogen) atoms. The highest BCUT2D eigenvalue weighted by molar-refractivity contribution is 5.95.